The SMILES string of the molecule is CCCN(CC(=O)O)Cc1c(C)noc1C. The summed E-state index contributed by atoms with van der Waals surface area (Å²) in [6, 6.07) is 0. The molecule has 5 heteroatoms. The molecule has 1 N–H and O–H groups in total. The summed E-state index contributed by atoms with van der Waals surface area (Å²) < 4.78 is 5.06. The zero-order valence-electron chi connectivity index (χ0n) is 9.99. The predicted octanol–water partition coefficient (Wildman–Crippen LogP) is 1.59. The van der Waals surface area contributed by atoms with E-state index in [4.69, 9.17) is 9.63 Å². The maximum absolute atomic E-state index is 10.7. The predicted molar refractivity (Wildman–Crippen MR) is 59.2 cm³/mol. The first-order chi connectivity index (χ1) is 7.54. The Hall–Kier alpha value is -1.36. The van der Waals surface area contributed by atoms with Crippen molar-refractivity contribution >= 4 is 5.97 Å². The molecule has 0 aliphatic heterocycles. The molecule has 0 saturated carbocycles. The van der Waals surface area contributed by atoms with Gasteiger partial charge in [0, 0.05) is 12.1 Å². The first kappa shape index (κ1) is 12.7. The zero-order valence-corrected chi connectivity index (χ0v) is 9.99. The summed E-state index contributed by atoms with van der Waals surface area (Å²) >= 11 is 0. The van der Waals surface area contributed by atoms with Crippen LogP contribution in [0.15, 0.2) is 4.52 Å². The van der Waals surface area contributed by atoms with Gasteiger partial charge in [-0.05, 0) is 26.8 Å². The van der Waals surface area contributed by atoms with Crippen molar-refractivity contribution in [3.05, 3.63) is 17.0 Å². The smallest absolute Gasteiger partial charge is 0.317 e. The van der Waals surface area contributed by atoms with E-state index in [1.807, 2.05) is 25.7 Å². The average Bonchev–Trinajstić information content (AvgIpc) is 2.49. The number of nitrogens with zero attached hydrogens (tertiary/aromatic N) is 2. The van der Waals surface area contributed by atoms with E-state index < -0.39 is 5.97 Å². The summed E-state index contributed by atoms with van der Waals surface area (Å²) in [5.74, 6) is -0.0378. The topological polar surface area (TPSA) is 66.6 Å². The monoisotopic (exact) mass is 226 g/mol. The Morgan fingerprint density at radius 1 is 1.50 bits per heavy atom. The summed E-state index contributed by atoms with van der Waals surface area (Å²) in [4.78, 5) is 12.6. The maximum Gasteiger partial charge on any atom is 0.317 e. The fourth-order valence-electron chi connectivity index (χ4n) is 1.67. The van der Waals surface area contributed by atoms with E-state index >= 15 is 0 Å². The third-order valence-electron chi connectivity index (χ3n) is 2.46. The second-order valence-electron chi connectivity index (χ2n) is 3.91. The van der Waals surface area contributed by atoms with Crippen molar-refractivity contribution in [2.45, 2.75) is 33.7 Å². The third-order valence-corrected chi connectivity index (χ3v) is 2.46. The van der Waals surface area contributed by atoms with Gasteiger partial charge in [0.25, 0.3) is 0 Å². The molecule has 0 aliphatic carbocycles. The van der Waals surface area contributed by atoms with Crippen LogP contribution in [-0.2, 0) is 11.3 Å². The number of hydrogen-bond donors (Lipinski definition) is 1. The molecule has 0 spiro atoms. The fourth-order valence-corrected chi connectivity index (χ4v) is 1.67. The van der Waals surface area contributed by atoms with Gasteiger partial charge in [0.1, 0.15) is 5.76 Å². The highest BCUT2D eigenvalue weighted by Crippen LogP contribution is 2.14. The van der Waals surface area contributed by atoms with Crippen LogP contribution >= 0.6 is 0 Å². The molecule has 1 aromatic rings. The highest BCUT2D eigenvalue weighted by atomic mass is 16.5. The van der Waals surface area contributed by atoms with E-state index in [9.17, 15) is 4.79 Å². The molecule has 90 valence electrons. The Balaban J connectivity index is 2.71. The first-order valence-corrected chi connectivity index (χ1v) is 5.40. The Kier molecular flexibility index (Phi) is 4.49. The van der Waals surface area contributed by atoms with E-state index in [0.717, 1.165) is 30.0 Å². The van der Waals surface area contributed by atoms with Crippen molar-refractivity contribution in [3.8, 4) is 0 Å². The quantitative estimate of drug-likeness (QED) is 0.797. The van der Waals surface area contributed by atoms with Gasteiger partial charge in [-0.15, -0.1) is 0 Å². The van der Waals surface area contributed by atoms with Crippen LogP contribution in [0.2, 0.25) is 0 Å². The Morgan fingerprint density at radius 3 is 2.62 bits per heavy atom. The lowest BCUT2D eigenvalue weighted by atomic mass is 10.2. The molecule has 0 bridgehead atoms. The molecular formula is C11H18N2O3. The van der Waals surface area contributed by atoms with Crippen LogP contribution in [0.1, 0.15) is 30.4 Å². The molecule has 0 saturated heterocycles. The van der Waals surface area contributed by atoms with E-state index in [1.54, 1.807) is 0 Å². The molecule has 1 rings (SSSR count). The standard InChI is InChI=1S/C11H18N2O3/c1-4-5-13(7-11(14)15)6-10-8(2)12-16-9(10)3/h4-7H2,1-3H3,(H,14,15). The number of aromatic nitrogens is 1. The minimum absolute atomic E-state index is 0.0535. The average molecular weight is 226 g/mol. The molecule has 0 fully saturated rings. The summed E-state index contributed by atoms with van der Waals surface area (Å²) in [6.07, 6.45) is 0.927. The molecule has 16 heavy (non-hydrogen) atoms. The largest absolute Gasteiger partial charge is 0.480 e. The molecule has 0 atom stereocenters. The minimum atomic E-state index is -0.805. The summed E-state index contributed by atoms with van der Waals surface area (Å²) in [5.41, 5.74) is 1.83. The molecule has 1 heterocycles. The summed E-state index contributed by atoms with van der Waals surface area (Å²) in [6.45, 7) is 7.15. The van der Waals surface area contributed by atoms with E-state index in [2.05, 4.69) is 5.16 Å². The van der Waals surface area contributed by atoms with Crippen molar-refractivity contribution in [2.75, 3.05) is 13.1 Å². The van der Waals surface area contributed by atoms with E-state index in [-0.39, 0.29) is 6.54 Å². The molecular weight excluding hydrogens is 208 g/mol. The summed E-state index contributed by atoms with van der Waals surface area (Å²) in [7, 11) is 0. The molecule has 0 unspecified atom stereocenters. The maximum atomic E-state index is 10.7. The molecule has 1 aromatic heterocycles. The van der Waals surface area contributed by atoms with Gasteiger partial charge in [-0.25, -0.2) is 0 Å². The van der Waals surface area contributed by atoms with Gasteiger partial charge in [0.15, 0.2) is 0 Å². The van der Waals surface area contributed by atoms with Crippen LogP contribution in [0.5, 0.6) is 0 Å². The van der Waals surface area contributed by atoms with Crippen molar-refractivity contribution in [3.63, 3.8) is 0 Å². The molecule has 0 amide bonds. The Labute approximate surface area is 95.0 Å². The molecule has 5 nitrogen and oxygen atoms in total. The number of aryl methyl sites for hydroxylation is 2. The lowest BCUT2D eigenvalue weighted by Crippen LogP contribution is -2.30. The van der Waals surface area contributed by atoms with Crippen LogP contribution < -0.4 is 0 Å². The van der Waals surface area contributed by atoms with Gasteiger partial charge in [-0.3, -0.25) is 9.69 Å². The highest BCUT2D eigenvalue weighted by Gasteiger charge is 2.15. The van der Waals surface area contributed by atoms with Gasteiger partial charge in [-0.1, -0.05) is 12.1 Å². The molecule has 0 radical (unpaired) electrons. The van der Waals surface area contributed by atoms with Crippen molar-refractivity contribution in [1.29, 1.82) is 0 Å². The second-order valence-corrected chi connectivity index (χ2v) is 3.91. The summed E-state index contributed by atoms with van der Waals surface area (Å²) in [5, 5.41) is 12.7. The van der Waals surface area contributed by atoms with Gasteiger partial charge in [0.05, 0.1) is 12.2 Å². The lowest BCUT2D eigenvalue weighted by Gasteiger charge is -2.18. The number of aliphatic carboxylic acids is 1. The van der Waals surface area contributed by atoms with Crippen LogP contribution in [0.25, 0.3) is 0 Å². The van der Waals surface area contributed by atoms with Crippen molar-refractivity contribution in [2.24, 2.45) is 0 Å². The lowest BCUT2D eigenvalue weighted by molar-refractivity contribution is -0.138. The van der Waals surface area contributed by atoms with Gasteiger partial charge in [-0.2, -0.15) is 0 Å². The van der Waals surface area contributed by atoms with Crippen molar-refractivity contribution < 1.29 is 14.4 Å². The van der Waals surface area contributed by atoms with Crippen molar-refractivity contribution in [1.82, 2.24) is 10.1 Å². The van der Waals surface area contributed by atoms with Crippen LogP contribution in [0.4, 0.5) is 0 Å². The van der Waals surface area contributed by atoms with E-state index in [0.29, 0.717) is 6.54 Å². The molecule has 0 aromatic carbocycles. The number of carbonyl (C=O) groups is 1. The fraction of sp³-hybridized carbons (Fsp3) is 0.636. The highest BCUT2D eigenvalue weighted by molar-refractivity contribution is 5.69. The Bertz CT molecular complexity index is 341. The molecule has 0 aliphatic rings. The minimum Gasteiger partial charge on any atom is -0.480 e. The van der Waals surface area contributed by atoms with Crippen LogP contribution in [0.3, 0.4) is 0 Å². The van der Waals surface area contributed by atoms with Gasteiger partial charge >= 0.3 is 5.97 Å². The van der Waals surface area contributed by atoms with Gasteiger partial charge < -0.3 is 9.63 Å². The number of carboxylic acids is 1. The van der Waals surface area contributed by atoms with Crippen LogP contribution in [0, 0.1) is 13.8 Å². The Morgan fingerprint density at radius 2 is 2.19 bits per heavy atom. The van der Waals surface area contributed by atoms with E-state index in [1.165, 1.54) is 0 Å². The first-order valence-electron chi connectivity index (χ1n) is 5.40. The van der Waals surface area contributed by atoms with Gasteiger partial charge in [0.2, 0.25) is 0 Å². The van der Waals surface area contributed by atoms with Crippen LogP contribution in [-0.4, -0.2) is 34.2 Å². The number of hydrogen-bond acceptors (Lipinski definition) is 4. The zero-order chi connectivity index (χ0) is 12.1. The third kappa shape index (κ3) is 3.34. The second kappa shape index (κ2) is 5.65. The normalized spacial score (nSPS) is 11.0. The number of carboxylic acid groups (broad SMARTS) is 1. The number of rotatable bonds is 6.